The fourth-order valence-electron chi connectivity index (χ4n) is 1.94. The first kappa shape index (κ1) is 14.6. The molecule has 0 amide bonds. The maximum Gasteiger partial charge on any atom is 0.335 e. The van der Waals surface area contributed by atoms with Crippen molar-refractivity contribution in [1.29, 1.82) is 0 Å². The summed E-state index contributed by atoms with van der Waals surface area (Å²) in [7, 11) is 0. The lowest BCUT2D eigenvalue weighted by molar-refractivity contribution is 0.0696. The molecule has 1 rings (SSSR count). The van der Waals surface area contributed by atoms with E-state index >= 15 is 0 Å². The zero-order valence-electron chi connectivity index (χ0n) is 11.0. The maximum atomic E-state index is 13.6. The van der Waals surface area contributed by atoms with Crippen LogP contribution in [0.15, 0.2) is 18.2 Å². The van der Waals surface area contributed by atoms with Crippen LogP contribution in [-0.4, -0.2) is 17.1 Å². The molecule has 0 aromatic heterocycles. The lowest BCUT2D eigenvalue weighted by atomic mass is 10.0. The van der Waals surface area contributed by atoms with E-state index in [9.17, 15) is 9.18 Å². The van der Waals surface area contributed by atoms with Gasteiger partial charge in [-0.1, -0.05) is 20.8 Å². The lowest BCUT2D eigenvalue weighted by Gasteiger charge is -2.21. The van der Waals surface area contributed by atoms with Crippen LogP contribution in [0.2, 0.25) is 0 Å². The van der Waals surface area contributed by atoms with Crippen molar-refractivity contribution in [3.8, 4) is 0 Å². The van der Waals surface area contributed by atoms with Crippen LogP contribution in [-0.2, 0) is 6.54 Å². The molecule has 1 aromatic carbocycles. The van der Waals surface area contributed by atoms with Crippen LogP contribution >= 0.6 is 0 Å². The maximum absolute atomic E-state index is 13.6. The average Bonchev–Trinajstić information content (AvgIpc) is 2.31. The van der Waals surface area contributed by atoms with Gasteiger partial charge in [0.2, 0.25) is 0 Å². The van der Waals surface area contributed by atoms with E-state index in [2.05, 4.69) is 26.1 Å². The standard InChI is InChI=1S/C14H20FNO2/c1-4-13(9(2)3)16-8-11-7-10(14(17)18)5-6-12(11)15/h5-7,9,13,16H,4,8H2,1-3H3,(H,17,18). The summed E-state index contributed by atoms with van der Waals surface area (Å²) in [5.74, 6) is -0.945. The molecule has 18 heavy (non-hydrogen) atoms. The Bertz CT molecular complexity index is 418. The highest BCUT2D eigenvalue weighted by atomic mass is 19.1. The minimum Gasteiger partial charge on any atom is -0.478 e. The van der Waals surface area contributed by atoms with Crippen molar-refractivity contribution in [2.45, 2.75) is 39.8 Å². The number of nitrogens with one attached hydrogen (secondary N) is 1. The third-order valence-electron chi connectivity index (χ3n) is 3.09. The molecule has 0 radical (unpaired) electrons. The second kappa shape index (κ2) is 6.50. The summed E-state index contributed by atoms with van der Waals surface area (Å²) in [6, 6.07) is 4.17. The van der Waals surface area contributed by atoms with Crippen LogP contribution in [0.25, 0.3) is 0 Å². The third kappa shape index (κ3) is 3.81. The number of hydrogen-bond acceptors (Lipinski definition) is 2. The molecule has 0 aliphatic heterocycles. The predicted molar refractivity (Wildman–Crippen MR) is 69.1 cm³/mol. The Balaban J connectivity index is 2.77. The predicted octanol–water partition coefficient (Wildman–Crippen LogP) is 3.05. The van der Waals surface area contributed by atoms with Gasteiger partial charge >= 0.3 is 5.97 Å². The second-order valence-corrected chi connectivity index (χ2v) is 4.75. The number of hydrogen-bond donors (Lipinski definition) is 2. The smallest absolute Gasteiger partial charge is 0.335 e. The molecule has 0 saturated heterocycles. The minimum absolute atomic E-state index is 0.116. The molecule has 0 aliphatic carbocycles. The molecule has 1 atom stereocenters. The Morgan fingerprint density at radius 3 is 2.61 bits per heavy atom. The van der Waals surface area contributed by atoms with E-state index in [4.69, 9.17) is 5.11 Å². The topological polar surface area (TPSA) is 49.3 Å². The van der Waals surface area contributed by atoms with Gasteiger partial charge in [-0.15, -0.1) is 0 Å². The summed E-state index contributed by atoms with van der Waals surface area (Å²) in [4.78, 5) is 10.8. The van der Waals surface area contributed by atoms with Gasteiger partial charge in [-0.25, -0.2) is 9.18 Å². The van der Waals surface area contributed by atoms with Gasteiger partial charge in [-0.05, 0) is 30.5 Å². The highest BCUT2D eigenvalue weighted by Crippen LogP contribution is 2.13. The Labute approximate surface area is 107 Å². The van der Waals surface area contributed by atoms with Crippen molar-refractivity contribution >= 4 is 5.97 Å². The van der Waals surface area contributed by atoms with E-state index in [1.807, 2.05) is 0 Å². The van der Waals surface area contributed by atoms with Gasteiger partial charge in [0.05, 0.1) is 5.56 Å². The molecule has 1 aromatic rings. The summed E-state index contributed by atoms with van der Waals surface area (Å²) < 4.78 is 13.6. The number of aromatic carboxylic acids is 1. The second-order valence-electron chi connectivity index (χ2n) is 4.75. The van der Waals surface area contributed by atoms with Crippen LogP contribution in [0.4, 0.5) is 4.39 Å². The molecule has 3 nitrogen and oxygen atoms in total. The fraction of sp³-hybridized carbons (Fsp3) is 0.500. The van der Waals surface area contributed by atoms with Crippen LogP contribution in [0.1, 0.15) is 43.1 Å². The van der Waals surface area contributed by atoms with Crippen LogP contribution < -0.4 is 5.32 Å². The third-order valence-corrected chi connectivity index (χ3v) is 3.09. The SMILES string of the molecule is CCC(NCc1cc(C(=O)O)ccc1F)C(C)C. The molecular weight excluding hydrogens is 233 g/mol. The van der Waals surface area contributed by atoms with Gasteiger partial charge in [0, 0.05) is 18.2 Å². The number of halogens is 1. The van der Waals surface area contributed by atoms with E-state index in [-0.39, 0.29) is 11.4 Å². The van der Waals surface area contributed by atoms with E-state index in [1.54, 1.807) is 0 Å². The fourth-order valence-corrected chi connectivity index (χ4v) is 1.94. The van der Waals surface area contributed by atoms with Crippen LogP contribution in [0.5, 0.6) is 0 Å². The van der Waals surface area contributed by atoms with Gasteiger partial charge in [0.15, 0.2) is 0 Å². The minimum atomic E-state index is -1.04. The summed E-state index contributed by atoms with van der Waals surface area (Å²) in [5.41, 5.74) is 0.514. The number of carboxylic acids is 1. The molecule has 0 fully saturated rings. The highest BCUT2D eigenvalue weighted by Gasteiger charge is 2.13. The average molecular weight is 253 g/mol. The summed E-state index contributed by atoms with van der Waals surface area (Å²) in [5, 5.41) is 12.1. The molecule has 1 unspecified atom stereocenters. The number of carboxylic acid groups (broad SMARTS) is 1. The lowest BCUT2D eigenvalue weighted by Crippen LogP contribution is -2.32. The number of benzene rings is 1. The summed E-state index contributed by atoms with van der Waals surface area (Å²) >= 11 is 0. The van der Waals surface area contributed by atoms with Gasteiger partial charge < -0.3 is 10.4 Å². The first-order valence-corrected chi connectivity index (χ1v) is 6.20. The normalized spacial score (nSPS) is 12.7. The Kier molecular flexibility index (Phi) is 5.28. The van der Waals surface area contributed by atoms with Crippen molar-refractivity contribution in [3.63, 3.8) is 0 Å². The Morgan fingerprint density at radius 2 is 2.11 bits per heavy atom. The van der Waals surface area contributed by atoms with E-state index < -0.39 is 5.97 Å². The molecule has 2 N–H and O–H groups in total. The number of carbonyl (C=O) groups is 1. The van der Waals surface area contributed by atoms with Crippen molar-refractivity contribution in [2.24, 2.45) is 5.92 Å². The summed E-state index contributed by atoms with van der Waals surface area (Å²) in [6.45, 7) is 6.63. The molecule has 0 spiro atoms. The molecule has 0 saturated carbocycles. The molecule has 100 valence electrons. The molecule has 4 heteroatoms. The van der Waals surface area contributed by atoms with Crippen molar-refractivity contribution in [2.75, 3.05) is 0 Å². The largest absolute Gasteiger partial charge is 0.478 e. The van der Waals surface area contributed by atoms with Gasteiger partial charge in [-0.2, -0.15) is 0 Å². The van der Waals surface area contributed by atoms with Gasteiger partial charge in [-0.3, -0.25) is 0 Å². The van der Waals surface area contributed by atoms with E-state index in [0.717, 1.165) is 6.42 Å². The molecular formula is C14H20FNO2. The monoisotopic (exact) mass is 253 g/mol. The van der Waals surface area contributed by atoms with Crippen LogP contribution in [0, 0.1) is 11.7 Å². The summed E-state index contributed by atoms with van der Waals surface area (Å²) in [6.07, 6.45) is 0.956. The first-order chi connectivity index (χ1) is 8.45. The first-order valence-electron chi connectivity index (χ1n) is 6.20. The molecule has 0 bridgehead atoms. The van der Waals surface area contributed by atoms with Crippen molar-refractivity contribution in [1.82, 2.24) is 5.32 Å². The van der Waals surface area contributed by atoms with Crippen LogP contribution in [0.3, 0.4) is 0 Å². The Morgan fingerprint density at radius 1 is 1.44 bits per heavy atom. The van der Waals surface area contributed by atoms with E-state index in [1.165, 1.54) is 18.2 Å². The highest BCUT2D eigenvalue weighted by molar-refractivity contribution is 5.87. The van der Waals surface area contributed by atoms with Gasteiger partial charge in [0.1, 0.15) is 5.82 Å². The Hall–Kier alpha value is -1.42. The van der Waals surface area contributed by atoms with Gasteiger partial charge in [0.25, 0.3) is 0 Å². The molecule has 0 heterocycles. The molecule has 0 aliphatic rings. The zero-order valence-corrected chi connectivity index (χ0v) is 11.0. The zero-order chi connectivity index (χ0) is 13.7. The van der Waals surface area contributed by atoms with E-state index in [0.29, 0.717) is 24.1 Å². The van der Waals surface area contributed by atoms with Crippen molar-refractivity contribution < 1.29 is 14.3 Å². The van der Waals surface area contributed by atoms with Crippen molar-refractivity contribution in [3.05, 3.63) is 35.1 Å². The number of rotatable bonds is 6. The quantitative estimate of drug-likeness (QED) is 0.819.